The molecule has 0 spiro atoms. The molecule has 1 aromatic heterocycles. The Balaban J connectivity index is 1.37. The van der Waals surface area contributed by atoms with Crippen molar-refractivity contribution in [3.8, 4) is 0 Å². The summed E-state index contributed by atoms with van der Waals surface area (Å²) in [7, 11) is 0. The summed E-state index contributed by atoms with van der Waals surface area (Å²) in [5, 5.41) is 14.8. The molecule has 0 bridgehead atoms. The van der Waals surface area contributed by atoms with Crippen molar-refractivity contribution in [2.75, 3.05) is 16.4 Å². The number of nitrogens with zero attached hydrogens (tertiary/aromatic N) is 2. The predicted molar refractivity (Wildman–Crippen MR) is 123 cm³/mol. The van der Waals surface area contributed by atoms with Crippen LogP contribution < -0.4 is 10.6 Å². The minimum atomic E-state index is -4.66. The molecule has 0 saturated carbocycles. The molecule has 2 amide bonds. The molecule has 0 saturated heterocycles. The first kappa shape index (κ1) is 22.7. The zero-order valence-corrected chi connectivity index (χ0v) is 18.4. The number of fused-ring (bicyclic) bond motifs is 1. The molecular formula is C22H15F3N4O2S2. The summed E-state index contributed by atoms with van der Waals surface area (Å²) < 4.78 is 39.8. The lowest BCUT2D eigenvalue weighted by Crippen LogP contribution is -2.18. The molecule has 2 N–H and O–H groups in total. The average molecular weight is 489 g/mol. The van der Waals surface area contributed by atoms with Gasteiger partial charge in [-0.25, -0.2) is 0 Å². The van der Waals surface area contributed by atoms with Crippen LogP contribution in [-0.2, 0) is 11.0 Å². The zero-order chi connectivity index (χ0) is 23.4. The molecule has 33 heavy (non-hydrogen) atoms. The van der Waals surface area contributed by atoms with Crippen molar-refractivity contribution in [3.63, 3.8) is 0 Å². The van der Waals surface area contributed by atoms with Crippen molar-refractivity contribution in [3.05, 3.63) is 77.9 Å². The third-order valence-corrected chi connectivity index (χ3v) is 6.47. The number of anilines is 2. The van der Waals surface area contributed by atoms with Crippen LogP contribution in [0.2, 0.25) is 0 Å². The highest BCUT2D eigenvalue weighted by molar-refractivity contribution is 8.01. The lowest BCUT2D eigenvalue weighted by Gasteiger charge is -2.11. The van der Waals surface area contributed by atoms with E-state index < -0.39 is 23.2 Å². The van der Waals surface area contributed by atoms with Crippen molar-refractivity contribution in [1.82, 2.24) is 10.2 Å². The molecule has 0 fully saturated rings. The molecular weight excluding hydrogens is 473 g/mol. The van der Waals surface area contributed by atoms with Crippen LogP contribution >= 0.6 is 23.1 Å². The molecule has 0 aliphatic heterocycles. The maximum absolute atomic E-state index is 13.1. The largest absolute Gasteiger partial charge is 0.417 e. The van der Waals surface area contributed by atoms with Gasteiger partial charge in [-0.15, -0.1) is 10.2 Å². The summed E-state index contributed by atoms with van der Waals surface area (Å²) in [5.41, 5.74) is -0.858. The van der Waals surface area contributed by atoms with Gasteiger partial charge in [-0.2, -0.15) is 13.2 Å². The lowest BCUT2D eigenvalue weighted by atomic mass is 10.1. The molecule has 0 aliphatic rings. The molecule has 0 atom stereocenters. The summed E-state index contributed by atoms with van der Waals surface area (Å²) in [6, 6.07) is 17.8. The van der Waals surface area contributed by atoms with Crippen molar-refractivity contribution in [2.24, 2.45) is 0 Å². The molecule has 1 heterocycles. The number of carbonyl (C=O) groups is 2. The maximum atomic E-state index is 13.1. The van der Waals surface area contributed by atoms with Crippen LogP contribution in [0.5, 0.6) is 0 Å². The monoisotopic (exact) mass is 488 g/mol. The summed E-state index contributed by atoms with van der Waals surface area (Å²) in [5.74, 6) is -1.15. The Morgan fingerprint density at radius 1 is 0.909 bits per heavy atom. The van der Waals surface area contributed by atoms with E-state index in [0.29, 0.717) is 10.0 Å². The van der Waals surface area contributed by atoms with Gasteiger partial charge >= 0.3 is 6.18 Å². The van der Waals surface area contributed by atoms with Gasteiger partial charge in [0.2, 0.25) is 11.0 Å². The van der Waals surface area contributed by atoms with Gasteiger partial charge in [-0.3, -0.25) is 14.9 Å². The molecule has 3 aromatic carbocycles. The number of nitrogens with one attached hydrogen (secondary N) is 2. The van der Waals surface area contributed by atoms with Crippen LogP contribution in [0.1, 0.15) is 15.9 Å². The van der Waals surface area contributed by atoms with Gasteiger partial charge in [-0.05, 0) is 23.6 Å². The van der Waals surface area contributed by atoms with Crippen molar-refractivity contribution in [2.45, 2.75) is 10.5 Å². The lowest BCUT2D eigenvalue weighted by molar-refractivity contribution is -0.137. The highest BCUT2D eigenvalue weighted by Crippen LogP contribution is 2.33. The normalized spacial score (nSPS) is 11.4. The van der Waals surface area contributed by atoms with E-state index in [-0.39, 0.29) is 16.8 Å². The van der Waals surface area contributed by atoms with Gasteiger partial charge in [0.15, 0.2) is 4.34 Å². The first-order valence-corrected chi connectivity index (χ1v) is 11.3. The summed E-state index contributed by atoms with van der Waals surface area (Å²) in [4.78, 5) is 24.7. The van der Waals surface area contributed by atoms with E-state index in [2.05, 4.69) is 20.8 Å². The first-order chi connectivity index (χ1) is 15.8. The van der Waals surface area contributed by atoms with E-state index in [9.17, 15) is 22.8 Å². The Bertz CT molecular complexity index is 1320. The topological polar surface area (TPSA) is 84.0 Å². The highest BCUT2D eigenvalue weighted by atomic mass is 32.2. The second kappa shape index (κ2) is 9.59. The fourth-order valence-electron chi connectivity index (χ4n) is 3.06. The SMILES string of the molecule is O=C(CSc1nnc(NC(=O)c2ccccc2C(F)(F)F)s1)Nc1cccc2ccccc12. The van der Waals surface area contributed by atoms with Gasteiger partial charge in [0, 0.05) is 11.1 Å². The van der Waals surface area contributed by atoms with Crippen LogP contribution in [0.4, 0.5) is 24.0 Å². The first-order valence-electron chi connectivity index (χ1n) is 9.53. The van der Waals surface area contributed by atoms with Crippen LogP contribution in [-0.4, -0.2) is 27.8 Å². The van der Waals surface area contributed by atoms with E-state index >= 15 is 0 Å². The van der Waals surface area contributed by atoms with Crippen LogP contribution in [0, 0.1) is 0 Å². The standard InChI is InChI=1S/C22H15F3N4O2S2/c23-22(24,25)16-10-4-3-9-15(16)19(31)27-20-28-29-21(33-20)32-12-18(30)26-17-11-5-7-13-6-1-2-8-14(13)17/h1-11H,12H2,(H,26,30)(H,27,28,31). The number of hydrogen-bond donors (Lipinski definition) is 2. The molecule has 11 heteroatoms. The van der Waals surface area contributed by atoms with Crippen molar-refractivity contribution < 1.29 is 22.8 Å². The second-order valence-electron chi connectivity index (χ2n) is 6.73. The van der Waals surface area contributed by atoms with Gasteiger partial charge in [0.1, 0.15) is 0 Å². The second-order valence-corrected chi connectivity index (χ2v) is 8.93. The Kier molecular flexibility index (Phi) is 6.61. The molecule has 0 aliphatic carbocycles. The van der Waals surface area contributed by atoms with E-state index in [4.69, 9.17) is 0 Å². The maximum Gasteiger partial charge on any atom is 0.417 e. The molecule has 4 rings (SSSR count). The average Bonchev–Trinajstić information content (AvgIpc) is 3.24. The summed E-state index contributed by atoms with van der Waals surface area (Å²) in [6.45, 7) is 0. The molecule has 4 aromatic rings. The van der Waals surface area contributed by atoms with Crippen LogP contribution in [0.15, 0.2) is 71.1 Å². The Hall–Kier alpha value is -3.44. The molecule has 0 unspecified atom stereocenters. The molecule has 6 nitrogen and oxygen atoms in total. The van der Waals surface area contributed by atoms with Gasteiger partial charge in [-0.1, -0.05) is 71.6 Å². The van der Waals surface area contributed by atoms with E-state index in [0.717, 1.165) is 46.0 Å². The van der Waals surface area contributed by atoms with Crippen molar-refractivity contribution >= 4 is 56.5 Å². The third-order valence-electron chi connectivity index (χ3n) is 4.49. The number of amides is 2. The van der Waals surface area contributed by atoms with Gasteiger partial charge in [0.05, 0.1) is 16.9 Å². The smallest absolute Gasteiger partial charge is 0.325 e. The minimum Gasteiger partial charge on any atom is -0.325 e. The highest BCUT2D eigenvalue weighted by Gasteiger charge is 2.35. The predicted octanol–water partition coefficient (Wildman–Crippen LogP) is 5.69. The number of halogens is 3. The van der Waals surface area contributed by atoms with Crippen LogP contribution in [0.3, 0.4) is 0 Å². The summed E-state index contributed by atoms with van der Waals surface area (Å²) in [6.07, 6.45) is -4.66. The number of carbonyl (C=O) groups excluding carboxylic acids is 2. The minimum absolute atomic E-state index is 0.0361. The van der Waals surface area contributed by atoms with Gasteiger partial charge < -0.3 is 5.32 Å². The van der Waals surface area contributed by atoms with E-state index in [1.165, 1.54) is 12.1 Å². The number of hydrogen-bond acceptors (Lipinski definition) is 6. The number of benzene rings is 3. The van der Waals surface area contributed by atoms with Crippen molar-refractivity contribution in [1.29, 1.82) is 0 Å². The number of aromatic nitrogens is 2. The fourth-order valence-corrected chi connectivity index (χ4v) is 4.61. The fraction of sp³-hybridized carbons (Fsp3) is 0.0909. The van der Waals surface area contributed by atoms with Crippen LogP contribution in [0.25, 0.3) is 10.8 Å². The quantitative estimate of drug-likeness (QED) is 0.269. The number of thioether (sulfide) groups is 1. The number of rotatable bonds is 6. The summed E-state index contributed by atoms with van der Waals surface area (Å²) >= 11 is 2.07. The molecule has 0 radical (unpaired) electrons. The number of alkyl halides is 3. The third kappa shape index (κ3) is 5.49. The van der Waals surface area contributed by atoms with E-state index in [1.54, 1.807) is 0 Å². The van der Waals surface area contributed by atoms with Gasteiger partial charge in [0.25, 0.3) is 5.91 Å². The molecule has 168 valence electrons. The zero-order valence-electron chi connectivity index (χ0n) is 16.7. The van der Waals surface area contributed by atoms with E-state index in [1.807, 2.05) is 42.5 Å². The Morgan fingerprint density at radius 2 is 1.64 bits per heavy atom. The Morgan fingerprint density at radius 3 is 2.45 bits per heavy atom. The Labute approximate surface area is 194 Å².